The van der Waals surface area contributed by atoms with Crippen LogP contribution in [0.1, 0.15) is 0 Å². The molecule has 0 unspecified atom stereocenters. The zero-order chi connectivity index (χ0) is 6.85. The SMILES string of the molecule is Nc1ccc(I)c(Br)n1. The van der Waals surface area contributed by atoms with E-state index in [0.717, 1.165) is 8.17 Å². The fraction of sp³-hybridized carbons (Fsp3) is 0. The number of pyridine rings is 1. The molecule has 2 nitrogen and oxygen atoms in total. The summed E-state index contributed by atoms with van der Waals surface area (Å²) < 4.78 is 1.88. The molecule has 1 heterocycles. The van der Waals surface area contributed by atoms with Crippen molar-refractivity contribution in [3.05, 3.63) is 20.3 Å². The molecule has 0 atom stereocenters. The van der Waals surface area contributed by atoms with Gasteiger partial charge in [0.05, 0.1) is 0 Å². The molecule has 0 aliphatic heterocycles. The van der Waals surface area contributed by atoms with Gasteiger partial charge < -0.3 is 5.73 Å². The van der Waals surface area contributed by atoms with E-state index in [1.54, 1.807) is 6.07 Å². The zero-order valence-corrected chi connectivity index (χ0v) is 8.18. The van der Waals surface area contributed by atoms with E-state index in [-0.39, 0.29) is 0 Å². The normalized spacial score (nSPS) is 9.56. The minimum absolute atomic E-state index is 0.544. The molecule has 0 spiro atoms. The van der Waals surface area contributed by atoms with Gasteiger partial charge in [-0.15, -0.1) is 0 Å². The maximum Gasteiger partial charge on any atom is 0.124 e. The van der Waals surface area contributed by atoms with Crippen LogP contribution in [-0.2, 0) is 0 Å². The molecule has 0 aliphatic rings. The Kier molecular flexibility index (Phi) is 2.29. The second-order valence-corrected chi connectivity index (χ2v) is 3.42. The highest BCUT2D eigenvalue weighted by Gasteiger charge is 1.94. The van der Waals surface area contributed by atoms with E-state index in [2.05, 4.69) is 43.5 Å². The predicted molar refractivity (Wildman–Crippen MR) is 49.1 cm³/mol. The number of anilines is 1. The molecule has 0 radical (unpaired) electrons. The lowest BCUT2D eigenvalue weighted by atomic mass is 10.5. The average Bonchev–Trinajstić information content (AvgIpc) is 1.80. The van der Waals surface area contributed by atoms with Gasteiger partial charge in [0.2, 0.25) is 0 Å². The number of nitrogens with zero attached hydrogens (tertiary/aromatic N) is 1. The first-order chi connectivity index (χ1) is 4.20. The van der Waals surface area contributed by atoms with Crippen LogP contribution in [0, 0.1) is 3.57 Å². The third kappa shape index (κ3) is 1.79. The Bertz CT molecular complexity index is 226. The molecule has 48 valence electrons. The first kappa shape index (κ1) is 7.27. The van der Waals surface area contributed by atoms with Crippen LogP contribution in [0.4, 0.5) is 5.82 Å². The lowest BCUT2D eigenvalue weighted by Crippen LogP contribution is -1.90. The summed E-state index contributed by atoms with van der Waals surface area (Å²) in [7, 11) is 0. The van der Waals surface area contributed by atoms with Gasteiger partial charge in [0, 0.05) is 3.57 Å². The van der Waals surface area contributed by atoms with Crippen molar-refractivity contribution >= 4 is 44.3 Å². The molecule has 0 fully saturated rings. The summed E-state index contributed by atoms with van der Waals surface area (Å²) in [6.07, 6.45) is 0. The molecule has 1 aromatic heterocycles. The average molecular weight is 299 g/mol. The summed E-state index contributed by atoms with van der Waals surface area (Å²) in [5, 5.41) is 0. The van der Waals surface area contributed by atoms with Crippen molar-refractivity contribution in [3.63, 3.8) is 0 Å². The number of hydrogen-bond acceptors (Lipinski definition) is 2. The topological polar surface area (TPSA) is 38.9 Å². The summed E-state index contributed by atoms with van der Waals surface area (Å²) in [6.45, 7) is 0. The molecular formula is C5H4BrIN2. The second-order valence-electron chi connectivity index (χ2n) is 1.51. The van der Waals surface area contributed by atoms with Crippen molar-refractivity contribution < 1.29 is 0 Å². The van der Waals surface area contributed by atoms with Crippen LogP contribution in [0.25, 0.3) is 0 Å². The molecule has 0 aliphatic carbocycles. The minimum Gasteiger partial charge on any atom is -0.384 e. The highest BCUT2D eigenvalue weighted by atomic mass is 127. The number of nitrogen functional groups attached to an aromatic ring is 1. The molecule has 1 rings (SSSR count). The summed E-state index contributed by atoms with van der Waals surface area (Å²) in [5.74, 6) is 0.544. The maximum atomic E-state index is 5.38. The summed E-state index contributed by atoms with van der Waals surface area (Å²) in [6, 6.07) is 3.68. The van der Waals surface area contributed by atoms with Gasteiger partial charge >= 0.3 is 0 Å². The molecular weight excluding hydrogens is 295 g/mol. The quantitative estimate of drug-likeness (QED) is 0.588. The maximum absolute atomic E-state index is 5.38. The van der Waals surface area contributed by atoms with Gasteiger partial charge in [-0.3, -0.25) is 0 Å². The molecule has 0 aromatic carbocycles. The molecule has 0 saturated heterocycles. The number of hydrogen-bond donors (Lipinski definition) is 1. The summed E-state index contributed by atoms with van der Waals surface area (Å²) in [4.78, 5) is 3.96. The van der Waals surface area contributed by atoms with Crippen LogP contribution in [-0.4, -0.2) is 4.98 Å². The summed E-state index contributed by atoms with van der Waals surface area (Å²) >= 11 is 5.42. The third-order valence-corrected chi connectivity index (χ3v) is 3.04. The highest BCUT2D eigenvalue weighted by molar-refractivity contribution is 14.1. The lowest BCUT2D eigenvalue weighted by molar-refractivity contribution is 1.26. The molecule has 9 heavy (non-hydrogen) atoms. The predicted octanol–water partition coefficient (Wildman–Crippen LogP) is 2.03. The van der Waals surface area contributed by atoms with Crippen LogP contribution < -0.4 is 5.73 Å². The number of rotatable bonds is 0. The monoisotopic (exact) mass is 298 g/mol. The van der Waals surface area contributed by atoms with Gasteiger partial charge in [0.1, 0.15) is 10.4 Å². The van der Waals surface area contributed by atoms with E-state index in [1.807, 2.05) is 6.07 Å². The molecule has 0 amide bonds. The fourth-order valence-electron chi connectivity index (χ4n) is 0.431. The first-order valence-electron chi connectivity index (χ1n) is 2.27. The van der Waals surface area contributed by atoms with Gasteiger partial charge in [-0.05, 0) is 50.7 Å². The highest BCUT2D eigenvalue weighted by Crippen LogP contribution is 2.16. The lowest BCUT2D eigenvalue weighted by Gasteiger charge is -1.94. The van der Waals surface area contributed by atoms with E-state index in [9.17, 15) is 0 Å². The number of aromatic nitrogens is 1. The largest absolute Gasteiger partial charge is 0.384 e. The third-order valence-electron chi connectivity index (χ3n) is 0.825. The molecule has 4 heteroatoms. The Morgan fingerprint density at radius 1 is 1.56 bits per heavy atom. The smallest absolute Gasteiger partial charge is 0.124 e. The molecule has 0 saturated carbocycles. The Balaban J connectivity index is 3.17. The standard InChI is InChI=1S/C5H4BrIN2/c6-5-3(7)1-2-4(8)9-5/h1-2H,(H2,8,9). The van der Waals surface area contributed by atoms with Crippen molar-refractivity contribution in [2.45, 2.75) is 0 Å². The summed E-state index contributed by atoms with van der Waals surface area (Å²) in [5.41, 5.74) is 5.38. The number of halogens is 2. The van der Waals surface area contributed by atoms with Crippen LogP contribution in [0.15, 0.2) is 16.7 Å². The van der Waals surface area contributed by atoms with Gasteiger partial charge in [-0.1, -0.05) is 0 Å². The van der Waals surface area contributed by atoms with Crippen molar-refractivity contribution in [1.82, 2.24) is 4.98 Å². The first-order valence-corrected chi connectivity index (χ1v) is 4.15. The van der Waals surface area contributed by atoms with Crippen molar-refractivity contribution in [3.8, 4) is 0 Å². The van der Waals surface area contributed by atoms with Gasteiger partial charge in [0.25, 0.3) is 0 Å². The molecule has 0 bridgehead atoms. The van der Waals surface area contributed by atoms with Crippen LogP contribution in [0.3, 0.4) is 0 Å². The Labute approximate surface area is 75.1 Å². The van der Waals surface area contributed by atoms with E-state index in [1.165, 1.54) is 0 Å². The van der Waals surface area contributed by atoms with Crippen LogP contribution >= 0.6 is 38.5 Å². The van der Waals surface area contributed by atoms with E-state index < -0.39 is 0 Å². The Hall–Kier alpha value is 0.160. The fourth-order valence-corrected chi connectivity index (χ4v) is 1.07. The van der Waals surface area contributed by atoms with Crippen LogP contribution in [0.2, 0.25) is 0 Å². The molecule has 1 aromatic rings. The second kappa shape index (κ2) is 2.83. The van der Waals surface area contributed by atoms with Gasteiger partial charge in [-0.2, -0.15) is 0 Å². The van der Waals surface area contributed by atoms with E-state index in [4.69, 9.17) is 5.73 Å². The zero-order valence-electron chi connectivity index (χ0n) is 4.44. The van der Waals surface area contributed by atoms with E-state index >= 15 is 0 Å². The van der Waals surface area contributed by atoms with Crippen molar-refractivity contribution in [2.24, 2.45) is 0 Å². The van der Waals surface area contributed by atoms with Gasteiger partial charge in [0.15, 0.2) is 0 Å². The minimum atomic E-state index is 0.544. The van der Waals surface area contributed by atoms with Gasteiger partial charge in [-0.25, -0.2) is 4.98 Å². The Morgan fingerprint density at radius 2 is 2.22 bits per heavy atom. The molecule has 2 N–H and O–H groups in total. The van der Waals surface area contributed by atoms with E-state index in [0.29, 0.717) is 5.82 Å². The number of nitrogens with two attached hydrogens (primary N) is 1. The van der Waals surface area contributed by atoms with Crippen molar-refractivity contribution in [1.29, 1.82) is 0 Å². The Morgan fingerprint density at radius 3 is 2.67 bits per heavy atom. The van der Waals surface area contributed by atoms with Crippen molar-refractivity contribution in [2.75, 3.05) is 5.73 Å². The van der Waals surface area contributed by atoms with Crippen LogP contribution in [0.5, 0.6) is 0 Å².